The van der Waals surface area contributed by atoms with E-state index in [1.54, 1.807) is 7.05 Å². The van der Waals surface area contributed by atoms with Crippen LogP contribution in [0.25, 0.3) is 0 Å². The number of amides is 2. The van der Waals surface area contributed by atoms with E-state index in [0.29, 0.717) is 19.4 Å². The van der Waals surface area contributed by atoms with E-state index in [2.05, 4.69) is 5.32 Å². The topological polar surface area (TPSA) is 75.7 Å². The Bertz CT molecular complexity index is 530. The molecule has 1 fully saturated rings. The minimum absolute atomic E-state index is 0.163. The Morgan fingerprint density at radius 1 is 1.33 bits per heavy atom. The van der Waals surface area contributed by atoms with E-state index in [1.807, 2.05) is 30.3 Å². The number of hydrogen-bond acceptors (Lipinski definition) is 4. The fourth-order valence-electron chi connectivity index (χ4n) is 2.08. The molecule has 0 bridgehead atoms. The van der Waals surface area contributed by atoms with Gasteiger partial charge in [0.2, 0.25) is 5.91 Å². The highest BCUT2D eigenvalue weighted by Gasteiger charge is 2.29. The number of carbonyl (C=O) groups excluding carboxylic acids is 3. The fraction of sp³-hybridized carbons (Fsp3) is 0.400. The average Bonchev–Trinajstić information content (AvgIpc) is 2.92. The van der Waals surface area contributed by atoms with Crippen LogP contribution in [0.3, 0.4) is 0 Å². The number of hydrogen-bond donors (Lipinski definition) is 1. The Morgan fingerprint density at radius 2 is 2.05 bits per heavy atom. The molecular weight excluding hydrogens is 272 g/mol. The molecule has 6 heteroatoms. The van der Waals surface area contributed by atoms with Gasteiger partial charge in [0.25, 0.3) is 5.91 Å². The molecule has 112 valence electrons. The molecule has 0 saturated carbocycles. The lowest BCUT2D eigenvalue weighted by Gasteiger charge is -2.18. The van der Waals surface area contributed by atoms with Crippen LogP contribution in [0.15, 0.2) is 30.3 Å². The van der Waals surface area contributed by atoms with Gasteiger partial charge in [0, 0.05) is 20.0 Å². The second kappa shape index (κ2) is 6.88. The molecule has 0 aliphatic carbocycles. The maximum Gasteiger partial charge on any atom is 0.329 e. The summed E-state index contributed by atoms with van der Waals surface area (Å²) in [4.78, 5) is 36.1. The lowest BCUT2D eigenvalue weighted by molar-refractivity contribution is -0.153. The molecule has 1 saturated heterocycles. The van der Waals surface area contributed by atoms with Crippen LogP contribution in [0.4, 0.5) is 0 Å². The van der Waals surface area contributed by atoms with Gasteiger partial charge >= 0.3 is 5.97 Å². The van der Waals surface area contributed by atoms with Crippen molar-refractivity contribution in [1.82, 2.24) is 10.2 Å². The van der Waals surface area contributed by atoms with Gasteiger partial charge < -0.3 is 15.0 Å². The van der Waals surface area contributed by atoms with E-state index in [9.17, 15) is 14.4 Å². The molecule has 1 aromatic carbocycles. The summed E-state index contributed by atoms with van der Waals surface area (Å²) in [6.45, 7) is 0.145. The summed E-state index contributed by atoms with van der Waals surface area (Å²) in [5.74, 6) is -0.997. The van der Waals surface area contributed by atoms with Crippen molar-refractivity contribution in [3.05, 3.63) is 35.9 Å². The smallest absolute Gasteiger partial charge is 0.329 e. The molecular formula is C15H18N2O4. The SMILES string of the molecule is CN(Cc1ccccc1)C(=O)COC(=O)[C@@H]1CCC(=O)N1. The van der Waals surface area contributed by atoms with Crippen LogP contribution in [0.1, 0.15) is 18.4 Å². The van der Waals surface area contributed by atoms with Crippen LogP contribution in [0, 0.1) is 0 Å². The zero-order valence-electron chi connectivity index (χ0n) is 11.9. The number of rotatable bonds is 5. The van der Waals surface area contributed by atoms with Gasteiger partial charge in [-0.1, -0.05) is 30.3 Å². The fourth-order valence-corrected chi connectivity index (χ4v) is 2.08. The van der Waals surface area contributed by atoms with Gasteiger partial charge in [-0.2, -0.15) is 0 Å². The lowest BCUT2D eigenvalue weighted by Crippen LogP contribution is -2.37. The summed E-state index contributed by atoms with van der Waals surface area (Å²) in [6, 6.07) is 8.92. The molecule has 0 spiro atoms. The summed E-state index contributed by atoms with van der Waals surface area (Å²) >= 11 is 0. The third-order valence-corrected chi connectivity index (χ3v) is 3.31. The number of likely N-dealkylation sites (N-methyl/N-ethyl adjacent to an activating group) is 1. The Balaban J connectivity index is 1.76. The predicted octanol–water partition coefficient (Wildman–Crippen LogP) is 0.467. The Kier molecular flexibility index (Phi) is 4.92. The Morgan fingerprint density at radius 3 is 2.67 bits per heavy atom. The van der Waals surface area contributed by atoms with Crippen LogP contribution < -0.4 is 5.32 Å². The van der Waals surface area contributed by atoms with Crippen molar-refractivity contribution in [1.29, 1.82) is 0 Å². The Hall–Kier alpha value is -2.37. The molecule has 1 aromatic rings. The van der Waals surface area contributed by atoms with E-state index in [4.69, 9.17) is 4.74 Å². The zero-order chi connectivity index (χ0) is 15.2. The normalized spacial score (nSPS) is 17.2. The van der Waals surface area contributed by atoms with Crippen LogP contribution >= 0.6 is 0 Å². The summed E-state index contributed by atoms with van der Waals surface area (Å²) < 4.78 is 4.95. The molecule has 2 amide bonds. The third kappa shape index (κ3) is 4.30. The number of benzene rings is 1. The van der Waals surface area contributed by atoms with Gasteiger partial charge in [0.1, 0.15) is 6.04 Å². The first kappa shape index (κ1) is 15.0. The number of nitrogens with one attached hydrogen (secondary N) is 1. The Labute approximate surface area is 123 Å². The van der Waals surface area contributed by atoms with Gasteiger partial charge in [-0.15, -0.1) is 0 Å². The third-order valence-electron chi connectivity index (χ3n) is 3.31. The average molecular weight is 290 g/mol. The van der Waals surface area contributed by atoms with E-state index < -0.39 is 12.0 Å². The summed E-state index contributed by atoms with van der Waals surface area (Å²) in [6.07, 6.45) is 0.743. The molecule has 21 heavy (non-hydrogen) atoms. The molecule has 0 aromatic heterocycles. The minimum Gasteiger partial charge on any atom is -0.454 e. The zero-order valence-corrected chi connectivity index (χ0v) is 11.9. The van der Waals surface area contributed by atoms with Crippen molar-refractivity contribution < 1.29 is 19.1 Å². The van der Waals surface area contributed by atoms with Gasteiger partial charge in [-0.3, -0.25) is 9.59 Å². The summed E-state index contributed by atoms with van der Waals surface area (Å²) in [5, 5.41) is 2.51. The van der Waals surface area contributed by atoms with Crippen molar-refractivity contribution in [2.45, 2.75) is 25.4 Å². The second-order valence-corrected chi connectivity index (χ2v) is 5.00. The highest BCUT2D eigenvalue weighted by Crippen LogP contribution is 2.08. The van der Waals surface area contributed by atoms with Gasteiger partial charge in [-0.25, -0.2) is 4.79 Å². The number of carbonyl (C=O) groups is 3. The van der Waals surface area contributed by atoms with Crippen LogP contribution in [0.5, 0.6) is 0 Å². The highest BCUT2D eigenvalue weighted by molar-refractivity contribution is 5.89. The van der Waals surface area contributed by atoms with E-state index in [0.717, 1.165) is 5.56 Å². The summed E-state index contributed by atoms with van der Waals surface area (Å²) in [7, 11) is 1.65. The number of nitrogens with zero attached hydrogens (tertiary/aromatic N) is 1. The molecule has 0 unspecified atom stereocenters. The van der Waals surface area contributed by atoms with Crippen molar-refractivity contribution in [3.63, 3.8) is 0 Å². The first-order chi connectivity index (χ1) is 10.1. The predicted molar refractivity (Wildman–Crippen MR) is 75.0 cm³/mol. The number of esters is 1. The standard InChI is InChI=1S/C15H18N2O4/c1-17(9-11-5-3-2-4-6-11)14(19)10-21-15(20)12-7-8-13(18)16-12/h2-6,12H,7-10H2,1H3,(H,16,18)/t12-/m0/s1. The maximum atomic E-state index is 11.9. The van der Waals surface area contributed by atoms with Crippen LogP contribution in [-0.4, -0.2) is 42.4 Å². The number of ether oxygens (including phenoxy) is 1. The highest BCUT2D eigenvalue weighted by atomic mass is 16.5. The van der Waals surface area contributed by atoms with Crippen molar-refractivity contribution in [2.75, 3.05) is 13.7 Å². The lowest BCUT2D eigenvalue weighted by atomic mass is 10.2. The molecule has 1 atom stereocenters. The molecule has 0 radical (unpaired) electrons. The first-order valence-corrected chi connectivity index (χ1v) is 6.80. The van der Waals surface area contributed by atoms with E-state index in [1.165, 1.54) is 4.90 Å². The molecule has 1 aliphatic rings. The molecule has 6 nitrogen and oxygen atoms in total. The minimum atomic E-state index is -0.621. The maximum absolute atomic E-state index is 11.9. The molecule has 1 aliphatic heterocycles. The van der Waals surface area contributed by atoms with Crippen molar-refractivity contribution in [2.24, 2.45) is 0 Å². The summed E-state index contributed by atoms with van der Waals surface area (Å²) in [5.41, 5.74) is 1.00. The second-order valence-electron chi connectivity index (χ2n) is 5.00. The van der Waals surface area contributed by atoms with Gasteiger partial charge in [-0.05, 0) is 12.0 Å². The van der Waals surface area contributed by atoms with Crippen molar-refractivity contribution >= 4 is 17.8 Å². The van der Waals surface area contributed by atoms with E-state index in [-0.39, 0.29) is 18.4 Å². The monoisotopic (exact) mass is 290 g/mol. The van der Waals surface area contributed by atoms with Gasteiger partial charge in [0.15, 0.2) is 6.61 Å². The molecule has 2 rings (SSSR count). The van der Waals surface area contributed by atoms with Gasteiger partial charge in [0.05, 0.1) is 0 Å². The molecule has 1 heterocycles. The largest absolute Gasteiger partial charge is 0.454 e. The van der Waals surface area contributed by atoms with Crippen LogP contribution in [-0.2, 0) is 25.7 Å². The first-order valence-electron chi connectivity index (χ1n) is 6.80. The van der Waals surface area contributed by atoms with Crippen LogP contribution in [0.2, 0.25) is 0 Å². The van der Waals surface area contributed by atoms with Crippen molar-refractivity contribution in [3.8, 4) is 0 Å². The van der Waals surface area contributed by atoms with E-state index >= 15 is 0 Å². The molecule has 1 N–H and O–H groups in total. The quantitative estimate of drug-likeness (QED) is 0.800.